The molecule has 0 rings (SSSR count). The Balaban J connectivity index is 4.32. The van der Waals surface area contributed by atoms with E-state index in [1.54, 1.807) is 0 Å². The summed E-state index contributed by atoms with van der Waals surface area (Å²) in [7, 11) is 0. The first kappa shape index (κ1) is 65.3. The molecule has 0 aromatic rings. The van der Waals surface area contributed by atoms with Gasteiger partial charge in [0.2, 0.25) is 0 Å². The highest BCUT2D eigenvalue weighted by molar-refractivity contribution is 5.69. The Hall–Kier alpha value is -2.66. The maximum absolute atomic E-state index is 12.7. The maximum atomic E-state index is 12.7. The number of unbranched alkanes of at least 4 members (excludes halogenated alkanes) is 31. The van der Waals surface area contributed by atoms with Crippen LogP contribution in [-0.2, 0) is 23.8 Å². The average Bonchev–Trinajstić information content (AvgIpc) is 3.34. The van der Waals surface area contributed by atoms with E-state index in [9.17, 15) is 9.59 Å². The monoisotopic (exact) mass is 949 g/mol. The van der Waals surface area contributed by atoms with Crippen molar-refractivity contribution in [3.63, 3.8) is 0 Å². The zero-order valence-corrected chi connectivity index (χ0v) is 45.4. The minimum Gasteiger partial charge on any atom is -0.463 e. The molecule has 0 aliphatic heterocycles. The van der Waals surface area contributed by atoms with Crippen LogP contribution in [-0.4, -0.2) is 37.9 Å². The molecule has 0 radical (unpaired) electrons. The average molecular weight is 950 g/mol. The topological polar surface area (TPSA) is 61.8 Å². The van der Waals surface area contributed by atoms with Gasteiger partial charge in [-0.3, -0.25) is 9.59 Å². The summed E-state index contributed by atoms with van der Waals surface area (Å²) < 4.78 is 17.5. The molecular formula is C63H112O5. The van der Waals surface area contributed by atoms with E-state index in [0.29, 0.717) is 19.4 Å². The van der Waals surface area contributed by atoms with Gasteiger partial charge in [0.25, 0.3) is 0 Å². The Kier molecular flexibility index (Phi) is 56.4. The molecule has 0 aromatic carbocycles. The number of hydrogen-bond donors (Lipinski definition) is 0. The number of carbonyl (C=O) groups is 2. The quantitative estimate of drug-likeness (QED) is 0.0345. The maximum Gasteiger partial charge on any atom is 0.305 e. The molecule has 0 saturated heterocycles. The van der Waals surface area contributed by atoms with Crippen LogP contribution in [0.1, 0.15) is 290 Å². The third-order valence-electron chi connectivity index (χ3n) is 12.8. The van der Waals surface area contributed by atoms with Crippen LogP contribution in [0.15, 0.2) is 72.9 Å². The fraction of sp³-hybridized carbons (Fsp3) is 0.778. The van der Waals surface area contributed by atoms with Crippen LogP contribution in [0.4, 0.5) is 0 Å². The number of esters is 2. The zero-order valence-electron chi connectivity index (χ0n) is 45.4. The van der Waals surface area contributed by atoms with E-state index >= 15 is 0 Å². The van der Waals surface area contributed by atoms with Gasteiger partial charge in [-0.25, -0.2) is 0 Å². The van der Waals surface area contributed by atoms with Crippen molar-refractivity contribution in [1.29, 1.82) is 0 Å². The molecule has 0 amide bonds. The van der Waals surface area contributed by atoms with Gasteiger partial charge in [-0.05, 0) is 83.5 Å². The Labute approximate surface area is 423 Å². The molecule has 0 spiro atoms. The molecule has 5 heteroatoms. The summed E-state index contributed by atoms with van der Waals surface area (Å²) in [5.74, 6) is -0.392. The first-order valence-electron chi connectivity index (χ1n) is 29.5. The molecule has 0 saturated carbocycles. The van der Waals surface area contributed by atoms with Crippen LogP contribution >= 0.6 is 0 Å². The van der Waals surface area contributed by atoms with Crippen molar-refractivity contribution in [3.8, 4) is 0 Å². The van der Waals surface area contributed by atoms with Gasteiger partial charge in [0.15, 0.2) is 0 Å². The molecule has 0 heterocycles. The van der Waals surface area contributed by atoms with Gasteiger partial charge in [-0.1, -0.05) is 267 Å². The van der Waals surface area contributed by atoms with Crippen molar-refractivity contribution < 1.29 is 23.8 Å². The van der Waals surface area contributed by atoms with Gasteiger partial charge < -0.3 is 14.2 Å². The highest BCUT2D eigenvalue weighted by atomic mass is 16.6. The van der Waals surface area contributed by atoms with Crippen LogP contribution in [0.3, 0.4) is 0 Å². The van der Waals surface area contributed by atoms with Gasteiger partial charge in [-0.15, -0.1) is 0 Å². The number of rotatable bonds is 54. The van der Waals surface area contributed by atoms with E-state index in [2.05, 4.69) is 93.7 Å². The molecule has 68 heavy (non-hydrogen) atoms. The normalized spacial score (nSPS) is 12.7. The van der Waals surface area contributed by atoms with Gasteiger partial charge in [-0.2, -0.15) is 0 Å². The van der Waals surface area contributed by atoms with Gasteiger partial charge >= 0.3 is 11.9 Å². The van der Waals surface area contributed by atoms with E-state index in [0.717, 1.165) is 70.6 Å². The highest BCUT2D eigenvalue weighted by Crippen LogP contribution is 2.16. The third-order valence-corrected chi connectivity index (χ3v) is 12.8. The fourth-order valence-corrected chi connectivity index (χ4v) is 8.34. The Morgan fingerprint density at radius 2 is 0.618 bits per heavy atom. The molecule has 394 valence electrons. The van der Waals surface area contributed by atoms with E-state index in [1.165, 1.54) is 186 Å². The van der Waals surface area contributed by atoms with Crippen molar-refractivity contribution >= 4 is 11.9 Å². The van der Waals surface area contributed by atoms with Gasteiger partial charge in [0.1, 0.15) is 19.3 Å². The van der Waals surface area contributed by atoms with Crippen molar-refractivity contribution in [3.05, 3.63) is 72.9 Å². The molecule has 0 aromatic heterocycles. The third kappa shape index (κ3) is 55.9. The summed E-state index contributed by atoms with van der Waals surface area (Å²) in [6.45, 7) is 7.59. The van der Waals surface area contributed by atoms with Crippen molar-refractivity contribution in [2.24, 2.45) is 0 Å². The lowest BCUT2D eigenvalue weighted by atomic mass is 10.0. The fourth-order valence-electron chi connectivity index (χ4n) is 8.34. The number of ether oxygens (including phenoxy) is 3. The molecule has 0 fully saturated rings. The van der Waals surface area contributed by atoms with Crippen molar-refractivity contribution in [2.75, 3.05) is 19.8 Å². The molecule has 5 nitrogen and oxygen atoms in total. The second-order valence-corrected chi connectivity index (χ2v) is 19.5. The molecule has 0 aliphatic carbocycles. The van der Waals surface area contributed by atoms with E-state index < -0.39 is 6.10 Å². The minimum atomic E-state index is -0.425. The van der Waals surface area contributed by atoms with Gasteiger partial charge in [0, 0.05) is 19.4 Å². The number of carbonyl (C=O) groups excluding carboxylic acids is 2. The molecule has 0 bridgehead atoms. The largest absolute Gasteiger partial charge is 0.463 e. The van der Waals surface area contributed by atoms with E-state index in [-0.39, 0.29) is 25.2 Å². The molecule has 1 atom stereocenters. The summed E-state index contributed by atoms with van der Waals surface area (Å²) in [6.07, 6.45) is 76.7. The highest BCUT2D eigenvalue weighted by Gasteiger charge is 2.16. The van der Waals surface area contributed by atoms with E-state index in [1.807, 2.05) is 0 Å². The Bertz CT molecular complexity index is 1210. The van der Waals surface area contributed by atoms with Crippen LogP contribution in [0.2, 0.25) is 0 Å². The van der Waals surface area contributed by atoms with Crippen molar-refractivity contribution in [1.82, 2.24) is 0 Å². The summed E-state index contributed by atoms with van der Waals surface area (Å²) in [5.41, 5.74) is 0. The van der Waals surface area contributed by atoms with Crippen LogP contribution in [0, 0.1) is 0 Å². The second kappa shape index (κ2) is 58.7. The smallest absolute Gasteiger partial charge is 0.305 e. The predicted octanol–water partition coefficient (Wildman–Crippen LogP) is 20.2. The first-order valence-corrected chi connectivity index (χ1v) is 29.5. The van der Waals surface area contributed by atoms with Crippen LogP contribution in [0.5, 0.6) is 0 Å². The number of hydrogen-bond acceptors (Lipinski definition) is 5. The predicted molar refractivity (Wildman–Crippen MR) is 297 cm³/mol. The summed E-state index contributed by atoms with van der Waals surface area (Å²) >= 11 is 0. The summed E-state index contributed by atoms with van der Waals surface area (Å²) in [6, 6.07) is 0. The molecular weight excluding hydrogens is 837 g/mol. The Morgan fingerprint density at radius 3 is 1.01 bits per heavy atom. The summed E-state index contributed by atoms with van der Waals surface area (Å²) in [5, 5.41) is 0. The van der Waals surface area contributed by atoms with Crippen LogP contribution in [0.25, 0.3) is 0 Å². The second-order valence-electron chi connectivity index (χ2n) is 19.5. The first-order chi connectivity index (χ1) is 33.6. The standard InChI is InChI=1S/C63H112O5/c1-4-7-10-13-16-19-22-25-28-31-32-34-36-39-42-45-48-51-54-57-63(65)68-60-61(66-58-55-52-49-46-43-40-37-30-27-24-21-18-15-12-9-6-3)59-67-62(64)56-53-50-47-44-41-38-35-33-29-26-23-20-17-14-11-8-5-2/h8,11,17,20,25-26,28-29,35,38,44,47,61H,4-7,9-10,12-16,18-19,21-24,27,30-34,36-37,39-43,45-46,48-60H2,1-3H3/b11-8-,20-17-,28-25-,29-26-,38-35-,47-44-/t61-/m1/s1. The minimum absolute atomic E-state index is 0.128. The lowest BCUT2D eigenvalue weighted by Gasteiger charge is -2.18. The van der Waals surface area contributed by atoms with Crippen LogP contribution < -0.4 is 0 Å². The van der Waals surface area contributed by atoms with Crippen molar-refractivity contribution in [2.45, 2.75) is 297 Å². The number of allylic oxidation sites excluding steroid dienone is 12. The Morgan fingerprint density at radius 1 is 0.324 bits per heavy atom. The zero-order chi connectivity index (χ0) is 49.2. The molecule has 0 aliphatic rings. The lowest BCUT2D eigenvalue weighted by molar-refractivity contribution is -0.155. The SMILES string of the molecule is CC/C=C\C/C=C\C/C=C\C/C=C\C/C=C\CCCC(=O)OC[C@H](COC(=O)CCCCCCCCCCC/C=C\CCCCCCCC)OCCCCCCCCCCCCCCCCCC. The molecule has 0 N–H and O–H groups in total. The molecule has 0 unspecified atom stereocenters. The lowest BCUT2D eigenvalue weighted by Crippen LogP contribution is -2.29. The van der Waals surface area contributed by atoms with E-state index in [4.69, 9.17) is 14.2 Å². The van der Waals surface area contributed by atoms with Gasteiger partial charge in [0.05, 0.1) is 0 Å². The summed E-state index contributed by atoms with van der Waals surface area (Å²) in [4.78, 5) is 25.3.